The average molecular weight is 311 g/mol. The van der Waals surface area contributed by atoms with E-state index in [9.17, 15) is 0 Å². The predicted octanol–water partition coefficient (Wildman–Crippen LogP) is 3.98. The van der Waals surface area contributed by atoms with Crippen molar-refractivity contribution in [1.29, 1.82) is 0 Å². The molecule has 1 aromatic heterocycles. The van der Waals surface area contributed by atoms with Crippen molar-refractivity contribution in [2.45, 2.75) is 13.8 Å². The van der Waals surface area contributed by atoms with E-state index in [1.807, 2.05) is 24.3 Å². The van der Waals surface area contributed by atoms with E-state index < -0.39 is 0 Å². The number of aromatic nitrogens is 2. The van der Waals surface area contributed by atoms with Crippen LogP contribution in [0.5, 0.6) is 5.75 Å². The summed E-state index contributed by atoms with van der Waals surface area (Å²) in [5.41, 5.74) is 5.28. The van der Waals surface area contributed by atoms with Crippen LogP contribution in [0.1, 0.15) is 16.7 Å². The molecule has 0 aliphatic rings. The fraction of sp³-hybridized carbons (Fsp3) is 0.176. The van der Waals surface area contributed by atoms with Gasteiger partial charge in [-0.15, -0.1) is 0 Å². The molecule has 0 saturated carbocycles. The van der Waals surface area contributed by atoms with Gasteiger partial charge in [-0.05, 0) is 49.2 Å². The average Bonchev–Trinajstić information content (AvgIpc) is 2.89. The fourth-order valence-corrected chi connectivity index (χ4v) is 2.50. The summed E-state index contributed by atoms with van der Waals surface area (Å²) < 4.78 is 5.22. The first-order chi connectivity index (χ1) is 10.6. The first-order valence-electron chi connectivity index (χ1n) is 6.99. The van der Waals surface area contributed by atoms with Crippen LogP contribution in [0.15, 0.2) is 36.4 Å². The molecule has 4 nitrogen and oxygen atoms in total. The number of thiocarbonyl (C=S) groups is 1. The summed E-state index contributed by atoms with van der Waals surface area (Å²) in [5.74, 6) is 1.42. The Labute approximate surface area is 134 Å². The molecule has 2 aromatic carbocycles. The Bertz CT molecular complexity index is 815. The van der Waals surface area contributed by atoms with Gasteiger partial charge < -0.3 is 15.0 Å². The highest BCUT2D eigenvalue weighted by Crippen LogP contribution is 2.20. The fourth-order valence-electron chi connectivity index (χ4n) is 2.27. The Morgan fingerprint density at radius 2 is 1.95 bits per heavy atom. The number of hydrogen-bond acceptors (Lipinski definition) is 3. The van der Waals surface area contributed by atoms with Crippen LogP contribution in [0.4, 0.5) is 5.95 Å². The molecule has 3 aromatic rings. The lowest BCUT2D eigenvalue weighted by Gasteiger charge is -2.06. The van der Waals surface area contributed by atoms with E-state index in [0.717, 1.165) is 22.3 Å². The molecule has 0 saturated heterocycles. The normalized spacial score (nSPS) is 10.7. The Morgan fingerprint density at radius 3 is 2.73 bits per heavy atom. The van der Waals surface area contributed by atoms with Crippen LogP contribution in [0.3, 0.4) is 0 Å². The molecule has 0 aliphatic heterocycles. The number of benzene rings is 2. The molecule has 0 amide bonds. The second kappa shape index (κ2) is 5.77. The summed E-state index contributed by atoms with van der Waals surface area (Å²) in [6, 6.07) is 11.8. The summed E-state index contributed by atoms with van der Waals surface area (Å²) >= 11 is 5.44. The molecular weight excluding hydrogens is 294 g/mol. The monoisotopic (exact) mass is 311 g/mol. The molecule has 0 fully saturated rings. The van der Waals surface area contributed by atoms with Gasteiger partial charge in [0.1, 0.15) is 10.7 Å². The van der Waals surface area contributed by atoms with E-state index in [1.54, 1.807) is 7.11 Å². The molecule has 0 bridgehead atoms. The van der Waals surface area contributed by atoms with Crippen molar-refractivity contribution in [3.8, 4) is 5.75 Å². The lowest BCUT2D eigenvalue weighted by Crippen LogP contribution is -2.11. The summed E-state index contributed by atoms with van der Waals surface area (Å²) in [6.45, 7) is 4.17. The van der Waals surface area contributed by atoms with E-state index in [0.29, 0.717) is 10.9 Å². The van der Waals surface area contributed by atoms with Gasteiger partial charge in [-0.2, -0.15) is 0 Å². The number of anilines is 1. The summed E-state index contributed by atoms with van der Waals surface area (Å²) in [4.78, 5) is 8.39. The van der Waals surface area contributed by atoms with Crippen molar-refractivity contribution in [1.82, 2.24) is 9.97 Å². The van der Waals surface area contributed by atoms with Gasteiger partial charge in [0.05, 0.1) is 18.1 Å². The first kappa shape index (κ1) is 14.5. The predicted molar refractivity (Wildman–Crippen MR) is 93.9 cm³/mol. The molecule has 0 radical (unpaired) electrons. The maximum atomic E-state index is 5.44. The second-order valence-corrected chi connectivity index (χ2v) is 5.63. The van der Waals surface area contributed by atoms with Crippen molar-refractivity contribution in [3.63, 3.8) is 0 Å². The van der Waals surface area contributed by atoms with Gasteiger partial charge in [-0.1, -0.05) is 24.4 Å². The molecule has 112 valence electrons. The standard InChI is InChI=1S/C17H17N3OS/c1-10-7-14-15(8-11(10)2)19-17(18-14)20-16(22)12-5-4-6-13(9-12)21-3/h4-9H,1-3H3,(H2,18,19,20,22). The Morgan fingerprint density at radius 1 is 1.18 bits per heavy atom. The summed E-state index contributed by atoms with van der Waals surface area (Å²) in [6.07, 6.45) is 0. The molecule has 22 heavy (non-hydrogen) atoms. The highest BCUT2D eigenvalue weighted by molar-refractivity contribution is 7.81. The van der Waals surface area contributed by atoms with Gasteiger partial charge >= 0.3 is 0 Å². The maximum Gasteiger partial charge on any atom is 0.206 e. The number of aryl methyl sites for hydroxylation is 2. The minimum absolute atomic E-state index is 0.603. The number of ether oxygens (including phenoxy) is 1. The van der Waals surface area contributed by atoms with Crippen molar-refractivity contribution < 1.29 is 4.74 Å². The minimum atomic E-state index is 0.603. The molecule has 0 aliphatic carbocycles. The Balaban J connectivity index is 1.87. The van der Waals surface area contributed by atoms with Gasteiger partial charge in [0.2, 0.25) is 5.95 Å². The Hall–Kier alpha value is -2.40. The summed E-state index contributed by atoms with van der Waals surface area (Å²) in [5, 5.41) is 3.15. The van der Waals surface area contributed by atoms with E-state index in [1.165, 1.54) is 11.1 Å². The molecule has 0 spiro atoms. The zero-order valence-corrected chi connectivity index (χ0v) is 13.5. The lowest BCUT2D eigenvalue weighted by atomic mass is 10.1. The maximum absolute atomic E-state index is 5.44. The Kier molecular flexibility index (Phi) is 3.81. The SMILES string of the molecule is COc1cccc(C(=S)Nc2nc3cc(C)c(C)cc3[nH]2)c1. The molecule has 2 N–H and O–H groups in total. The third-order valence-electron chi connectivity index (χ3n) is 3.66. The smallest absolute Gasteiger partial charge is 0.206 e. The number of hydrogen-bond donors (Lipinski definition) is 2. The molecule has 0 unspecified atom stereocenters. The highest BCUT2D eigenvalue weighted by Gasteiger charge is 2.08. The highest BCUT2D eigenvalue weighted by atomic mass is 32.1. The van der Waals surface area contributed by atoms with E-state index in [-0.39, 0.29) is 0 Å². The number of H-pyrrole nitrogens is 1. The van der Waals surface area contributed by atoms with Crippen molar-refractivity contribution >= 4 is 34.2 Å². The zero-order valence-electron chi connectivity index (χ0n) is 12.7. The van der Waals surface area contributed by atoms with Crippen molar-refractivity contribution in [3.05, 3.63) is 53.1 Å². The van der Waals surface area contributed by atoms with Gasteiger partial charge in [0, 0.05) is 5.56 Å². The number of imidazole rings is 1. The van der Waals surface area contributed by atoms with Crippen LogP contribution in [-0.2, 0) is 0 Å². The van der Waals surface area contributed by atoms with Crippen LogP contribution >= 0.6 is 12.2 Å². The number of nitrogens with one attached hydrogen (secondary N) is 2. The zero-order chi connectivity index (χ0) is 15.7. The van der Waals surface area contributed by atoms with Gasteiger partial charge in [0.15, 0.2) is 0 Å². The van der Waals surface area contributed by atoms with Crippen LogP contribution in [0.2, 0.25) is 0 Å². The van der Waals surface area contributed by atoms with Crippen LogP contribution in [0.25, 0.3) is 11.0 Å². The molecule has 0 atom stereocenters. The van der Waals surface area contributed by atoms with Gasteiger partial charge in [-0.3, -0.25) is 0 Å². The van der Waals surface area contributed by atoms with Crippen molar-refractivity contribution in [2.24, 2.45) is 0 Å². The second-order valence-electron chi connectivity index (χ2n) is 5.23. The van der Waals surface area contributed by atoms with Crippen LogP contribution < -0.4 is 10.1 Å². The molecule has 3 rings (SSSR count). The minimum Gasteiger partial charge on any atom is -0.497 e. The third-order valence-corrected chi connectivity index (χ3v) is 4.00. The van der Waals surface area contributed by atoms with Gasteiger partial charge in [0.25, 0.3) is 0 Å². The number of aromatic amines is 1. The lowest BCUT2D eigenvalue weighted by molar-refractivity contribution is 0.414. The van der Waals surface area contributed by atoms with Crippen LogP contribution in [-0.4, -0.2) is 22.1 Å². The molecular formula is C17H17N3OS. The van der Waals surface area contributed by atoms with E-state index in [4.69, 9.17) is 17.0 Å². The first-order valence-corrected chi connectivity index (χ1v) is 7.40. The molecule has 5 heteroatoms. The number of fused-ring (bicyclic) bond motifs is 1. The van der Waals surface area contributed by atoms with E-state index in [2.05, 4.69) is 41.3 Å². The van der Waals surface area contributed by atoms with Crippen LogP contribution in [0, 0.1) is 13.8 Å². The largest absolute Gasteiger partial charge is 0.497 e. The third kappa shape index (κ3) is 2.80. The summed E-state index contributed by atoms with van der Waals surface area (Å²) in [7, 11) is 1.64. The van der Waals surface area contributed by atoms with Gasteiger partial charge in [-0.25, -0.2) is 4.98 Å². The molecule has 1 heterocycles. The number of methoxy groups -OCH3 is 1. The van der Waals surface area contributed by atoms with Crippen molar-refractivity contribution in [2.75, 3.05) is 12.4 Å². The quantitative estimate of drug-likeness (QED) is 0.718. The topological polar surface area (TPSA) is 49.9 Å². The van der Waals surface area contributed by atoms with E-state index >= 15 is 0 Å². The number of rotatable bonds is 3. The number of nitrogens with zero attached hydrogens (tertiary/aromatic N) is 1.